The number of allylic oxidation sites excluding steroid dienone is 2. The van der Waals surface area contributed by atoms with Crippen LogP contribution in [0.25, 0.3) is 0 Å². The number of hydrogen-bond acceptors (Lipinski definition) is 11. The van der Waals surface area contributed by atoms with Gasteiger partial charge in [0.15, 0.2) is 6.29 Å². The number of amides is 1. The highest BCUT2D eigenvalue weighted by atomic mass is 16.7. The molecule has 0 aliphatic carbocycles. The largest absolute Gasteiger partial charge is 0.394 e. The highest BCUT2D eigenvalue weighted by molar-refractivity contribution is 5.80. The molecule has 1 heterocycles. The Morgan fingerprint density at radius 3 is 1.50 bits per heavy atom. The maximum Gasteiger partial charge on any atom is 0.249 e. The van der Waals surface area contributed by atoms with Crippen molar-refractivity contribution in [3.8, 4) is 0 Å². The average molecular weight is 860 g/mol. The van der Waals surface area contributed by atoms with Crippen molar-refractivity contribution in [3.63, 3.8) is 0 Å². The van der Waals surface area contributed by atoms with Crippen molar-refractivity contribution in [3.05, 3.63) is 12.2 Å². The first kappa shape index (κ1) is 56.8. The molecule has 0 aromatic rings. The third-order valence-electron chi connectivity index (χ3n) is 12.2. The van der Waals surface area contributed by atoms with E-state index < -0.39 is 80.3 Å². The van der Waals surface area contributed by atoms with Crippen molar-refractivity contribution < 1.29 is 55.1 Å². The highest BCUT2D eigenvalue weighted by Gasteiger charge is 2.44. The second-order valence-corrected chi connectivity index (χ2v) is 17.7. The summed E-state index contributed by atoms with van der Waals surface area (Å²) in [6.45, 7) is 3.36. The molecule has 356 valence electrons. The number of aliphatic hydroxyl groups is 8. The van der Waals surface area contributed by atoms with Crippen molar-refractivity contribution >= 4 is 5.91 Å². The third-order valence-corrected chi connectivity index (χ3v) is 12.2. The zero-order chi connectivity index (χ0) is 44.2. The van der Waals surface area contributed by atoms with Crippen molar-refractivity contribution in [2.24, 2.45) is 0 Å². The molecule has 0 spiro atoms. The number of nitrogens with one attached hydrogen (secondary N) is 1. The van der Waals surface area contributed by atoms with E-state index >= 15 is 0 Å². The highest BCUT2D eigenvalue weighted by Crippen LogP contribution is 2.23. The summed E-state index contributed by atoms with van der Waals surface area (Å²) in [6, 6.07) is -1.20. The van der Waals surface area contributed by atoms with E-state index in [1.807, 2.05) is 6.08 Å². The summed E-state index contributed by atoms with van der Waals surface area (Å²) in [7, 11) is 0. The quantitative estimate of drug-likeness (QED) is 0.0218. The van der Waals surface area contributed by atoms with Crippen LogP contribution in [0.15, 0.2) is 12.2 Å². The molecule has 0 unspecified atom stereocenters. The smallest absolute Gasteiger partial charge is 0.249 e. The summed E-state index contributed by atoms with van der Waals surface area (Å²) >= 11 is 0. The maximum absolute atomic E-state index is 13.1. The van der Waals surface area contributed by atoms with Crippen molar-refractivity contribution in [2.75, 3.05) is 13.2 Å². The van der Waals surface area contributed by atoms with Gasteiger partial charge in [0, 0.05) is 6.42 Å². The summed E-state index contributed by atoms with van der Waals surface area (Å²) in [5.41, 5.74) is 0. The SMILES string of the molecule is CCCCCCCCCCCCCCCC/C=C/CC[C@@H](O)[C@@H](O)C[C@@H](O)[C@H](CO[C@@H]1O[C@H](CO)[C@@H](O)[C@H](O)[C@H]1O)NC(=O)[C@@H](O)CCCCCCCCCCCCCC. The van der Waals surface area contributed by atoms with Crippen LogP contribution in [0.2, 0.25) is 0 Å². The van der Waals surface area contributed by atoms with E-state index in [2.05, 4.69) is 25.2 Å². The molecule has 1 saturated heterocycles. The van der Waals surface area contributed by atoms with Gasteiger partial charge in [-0.1, -0.05) is 187 Å². The van der Waals surface area contributed by atoms with Crippen LogP contribution in [0.4, 0.5) is 0 Å². The predicted molar refractivity (Wildman–Crippen MR) is 239 cm³/mol. The maximum atomic E-state index is 13.1. The van der Waals surface area contributed by atoms with Crippen LogP contribution in [0.5, 0.6) is 0 Å². The van der Waals surface area contributed by atoms with Gasteiger partial charge >= 0.3 is 0 Å². The first-order valence-electron chi connectivity index (χ1n) is 24.7. The van der Waals surface area contributed by atoms with Gasteiger partial charge in [0.05, 0.1) is 37.6 Å². The van der Waals surface area contributed by atoms with E-state index in [1.165, 1.54) is 135 Å². The first-order chi connectivity index (χ1) is 29.1. The Balaban J connectivity index is 2.48. The van der Waals surface area contributed by atoms with Crippen LogP contribution in [0.3, 0.4) is 0 Å². The lowest BCUT2D eigenvalue weighted by Gasteiger charge is -2.40. The van der Waals surface area contributed by atoms with E-state index in [9.17, 15) is 45.6 Å². The fourth-order valence-corrected chi connectivity index (χ4v) is 7.96. The number of carbonyl (C=O) groups excluding carboxylic acids is 1. The van der Waals surface area contributed by atoms with Crippen LogP contribution in [0, 0.1) is 0 Å². The van der Waals surface area contributed by atoms with Gasteiger partial charge in [-0.25, -0.2) is 0 Å². The Bertz CT molecular complexity index is 1000. The Labute approximate surface area is 364 Å². The van der Waals surface area contributed by atoms with Crippen LogP contribution < -0.4 is 5.32 Å². The fourth-order valence-electron chi connectivity index (χ4n) is 7.96. The molecule has 60 heavy (non-hydrogen) atoms. The molecule has 0 bridgehead atoms. The van der Waals surface area contributed by atoms with E-state index in [1.54, 1.807) is 0 Å². The van der Waals surface area contributed by atoms with Crippen molar-refractivity contribution in [2.45, 2.75) is 274 Å². The van der Waals surface area contributed by atoms with Gasteiger partial charge in [-0.15, -0.1) is 0 Å². The van der Waals surface area contributed by atoms with E-state index in [0.29, 0.717) is 12.8 Å². The molecule has 0 aromatic carbocycles. The molecular weight excluding hydrogens is 767 g/mol. The minimum atomic E-state index is -1.69. The molecule has 0 saturated carbocycles. The van der Waals surface area contributed by atoms with Gasteiger partial charge < -0.3 is 55.6 Å². The lowest BCUT2D eigenvalue weighted by Crippen LogP contribution is -2.60. The second-order valence-electron chi connectivity index (χ2n) is 17.7. The average Bonchev–Trinajstić information content (AvgIpc) is 3.24. The minimum absolute atomic E-state index is 0.230. The van der Waals surface area contributed by atoms with Gasteiger partial charge in [-0.05, 0) is 32.1 Å². The number of hydrogen-bond donors (Lipinski definition) is 9. The molecule has 1 rings (SSSR count). The van der Waals surface area contributed by atoms with Gasteiger partial charge in [0.2, 0.25) is 5.91 Å². The molecule has 1 amide bonds. The molecular formula is C48H93NO11. The summed E-state index contributed by atoms with van der Waals surface area (Å²) in [5, 5.41) is 86.2. The molecule has 0 aromatic heterocycles. The van der Waals surface area contributed by atoms with Crippen LogP contribution >= 0.6 is 0 Å². The number of unbranched alkanes of at least 4 members (excludes halogenated alkanes) is 25. The molecule has 12 nitrogen and oxygen atoms in total. The number of rotatable bonds is 41. The van der Waals surface area contributed by atoms with Crippen LogP contribution in [0.1, 0.15) is 213 Å². The second kappa shape index (κ2) is 38.3. The molecule has 0 radical (unpaired) electrons. The van der Waals surface area contributed by atoms with E-state index in [4.69, 9.17) is 9.47 Å². The number of ether oxygens (including phenoxy) is 2. The standard InChI is InChI=1S/C48H93NO11/c1-3-5-7-9-11-13-15-17-18-19-20-21-22-24-25-27-29-31-33-39(51)42(54)35-41(53)38(37-59-48-46(57)45(56)44(55)43(36-50)60-48)49-47(58)40(52)34-32-30-28-26-23-16-14-12-10-8-6-4-2/h27,29,38-46,48,50-57H,3-26,28,30-37H2,1-2H3,(H,49,58)/b29-27+/t38-,39+,40-,41+,42-,43+,44+,45-,46+,48+/m0/s1. The van der Waals surface area contributed by atoms with Gasteiger partial charge in [-0.3, -0.25) is 4.79 Å². The zero-order valence-corrected chi connectivity index (χ0v) is 38.1. The fraction of sp³-hybridized carbons (Fsp3) is 0.938. The summed E-state index contributed by atoms with van der Waals surface area (Å²) in [6.07, 6.45) is 25.2. The Morgan fingerprint density at radius 2 is 1.02 bits per heavy atom. The van der Waals surface area contributed by atoms with Crippen LogP contribution in [-0.2, 0) is 14.3 Å². The van der Waals surface area contributed by atoms with Crippen molar-refractivity contribution in [1.82, 2.24) is 5.32 Å². The van der Waals surface area contributed by atoms with Gasteiger partial charge in [-0.2, -0.15) is 0 Å². The topological polar surface area (TPSA) is 209 Å². The normalized spacial score (nSPS) is 22.2. The summed E-state index contributed by atoms with van der Waals surface area (Å²) in [5.74, 6) is -0.737. The molecule has 9 N–H and O–H groups in total. The molecule has 1 aliphatic rings. The summed E-state index contributed by atoms with van der Waals surface area (Å²) < 4.78 is 11.0. The zero-order valence-electron chi connectivity index (χ0n) is 38.1. The first-order valence-corrected chi connectivity index (χ1v) is 24.7. The Kier molecular flexibility index (Phi) is 36.3. The summed E-state index contributed by atoms with van der Waals surface area (Å²) in [4.78, 5) is 13.1. The lowest BCUT2D eigenvalue weighted by molar-refractivity contribution is -0.302. The Morgan fingerprint density at radius 1 is 0.567 bits per heavy atom. The molecule has 10 atom stereocenters. The minimum Gasteiger partial charge on any atom is -0.394 e. The lowest BCUT2D eigenvalue weighted by atomic mass is 9.98. The molecule has 12 heteroatoms. The number of aliphatic hydroxyl groups excluding tert-OH is 8. The van der Waals surface area contributed by atoms with Crippen molar-refractivity contribution in [1.29, 1.82) is 0 Å². The molecule has 1 aliphatic heterocycles. The van der Waals surface area contributed by atoms with E-state index in [0.717, 1.165) is 32.1 Å². The number of carbonyl (C=O) groups is 1. The van der Waals surface area contributed by atoms with Gasteiger partial charge in [0.25, 0.3) is 0 Å². The monoisotopic (exact) mass is 860 g/mol. The van der Waals surface area contributed by atoms with Gasteiger partial charge in [0.1, 0.15) is 30.5 Å². The van der Waals surface area contributed by atoms with E-state index in [-0.39, 0.29) is 19.3 Å². The third kappa shape index (κ3) is 27.8. The molecule has 1 fully saturated rings. The van der Waals surface area contributed by atoms with Crippen LogP contribution in [-0.4, -0.2) is 121 Å². The Hall–Kier alpha value is -1.19. The predicted octanol–water partition coefficient (Wildman–Crippen LogP) is 7.42.